The topological polar surface area (TPSA) is 0 Å². The molecule has 0 bridgehead atoms. The molecule has 0 nitrogen and oxygen atoms in total. The van der Waals surface area contributed by atoms with Gasteiger partial charge in [-0.2, -0.15) is 0 Å². The lowest BCUT2D eigenvalue weighted by Crippen LogP contribution is -2.10. The van der Waals surface area contributed by atoms with Gasteiger partial charge >= 0.3 is 0 Å². The van der Waals surface area contributed by atoms with E-state index in [1.165, 1.54) is 16.7 Å². The SMILES string of the molecule is CCC=C(C)Cc1ccc(C(C)(C)C)cc1. The summed E-state index contributed by atoms with van der Waals surface area (Å²) in [6, 6.07) is 9.03. The van der Waals surface area contributed by atoms with Crippen LogP contribution in [-0.4, -0.2) is 0 Å². The van der Waals surface area contributed by atoms with E-state index in [4.69, 9.17) is 0 Å². The van der Waals surface area contributed by atoms with Crippen LogP contribution in [0.4, 0.5) is 0 Å². The fraction of sp³-hybridized carbons (Fsp3) is 0.500. The normalized spacial score (nSPS) is 12.9. The van der Waals surface area contributed by atoms with Crippen molar-refractivity contribution in [3.63, 3.8) is 0 Å². The third-order valence-corrected chi connectivity index (χ3v) is 2.86. The van der Waals surface area contributed by atoms with Crippen LogP contribution in [0, 0.1) is 0 Å². The van der Waals surface area contributed by atoms with Gasteiger partial charge in [-0.25, -0.2) is 0 Å². The van der Waals surface area contributed by atoms with E-state index in [-0.39, 0.29) is 5.41 Å². The zero-order valence-electron chi connectivity index (χ0n) is 11.3. The average Bonchev–Trinajstić information content (AvgIpc) is 2.17. The fourth-order valence-electron chi connectivity index (χ4n) is 1.87. The van der Waals surface area contributed by atoms with E-state index in [1.54, 1.807) is 0 Å². The lowest BCUT2D eigenvalue weighted by molar-refractivity contribution is 0.590. The summed E-state index contributed by atoms with van der Waals surface area (Å²) in [4.78, 5) is 0. The molecule has 0 heterocycles. The highest BCUT2D eigenvalue weighted by Gasteiger charge is 2.12. The summed E-state index contributed by atoms with van der Waals surface area (Å²) in [7, 11) is 0. The lowest BCUT2D eigenvalue weighted by atomic mass is 9.86. The van der Waals surface area contributed by atoms with E-state index in [0.29, 0.717) is 0 Å². The van der Waals surface area contributed by atoms with Crippen molar-refractivity contribution in [3.8, 4) is 0 Å². The first-order chi connectivity index (χ1) is 7.43. The van der Waals surface area contributed by atoms with Crippen molar-refractivity contribution in [2.45, 2.75) is 52.9 Å². The van der Waals surface area contributed by atoms with Crippen LogP contribution in [-0.2, 0) is 11.8 Å². The molecule has 0 fully saturated rings. The van der Waals surface area contributed by atoms with E-state index < -0.39 is 0 Å². The Bertz CT molecular complexity index is 347. The average molecular weight is 216 g/mol. The van der Waals surface area contributed by atoms with Crippen molar-refractivity contribution in [1.29, 1.82) is 0 Å². The van der Waals surface area contributed by atoms with Gasteiger partial charge in [-0.15, -0.1) is 0 Å². The van der Waals surface area contributed by atoms with Crippen molar-refractivity contribution < 1.29 is 0 Å². The molecule has 0 unspecified atom stereocenters. The second kappa shape index (κ2) is 5.34. The Morgan fingerprint density at radius 1 is 1.12 bits per heavy atom. The van der Waals surface area contributed by atoms with Crippen LogP contribution >= 0.6 is 0 Å². The predicted molar refractivity (Wildman–Crippen MR) is 72.9 cm³/mol. The Balaban J connectivity index is 2.76. The summed E-state index contributed by atoms with van der Waals surface area (Å²) in [6.07, 6.45) is 4.52. The third-order valence-electron chi connectivity index (χ3n) is 2.86. The van der Waals surface area contributed by atoms with Gasteiger partial charge in [0, 0.05) is 0 Å². The van der Waals surface area contributed by atoms with E-state index in [2.05, 4.69) is 65.0 Å². The maximum Gasteiger partial charge on any atom is -0.00699 e. The summed E-state index contributed by atoms with van der Waals surface area (Å²) in [5, 5.41) is 0. The van der Waals surface area contributed by atoms with Crippen LogP contribution < -0.4 is 0 Å². The fourth-order valence-corrected chi connectivity index (χ4v) is 1.87. The number of hydrogen-bond acceptors (Lipinski definition) is 0. The maximum atomic E-state index is 2.30. The largest absolute Gasteiger partial charge is 0.0855 e. The van der Waals surface area contributed by atoms with Crippen LogP contribution in [0.5, 0.6) is 0 Å². The Morgan fingerprint density at radius 2 is 1.69 bits per heavy atom. The Labute approximate surface area is 100 Å². The first-order valence-electron chi connectivity index (χ1n) is 6.18. The highest BCUT2D eigenvalue weighted by molar-refractivity contribution is 5.29. The van der Waals surface area contributed by atoms with Crippen molar-refractivity contribution in [2.75, 3.05) is 0 Å². The molecular formula is C16H24. The van der Waals surface area contributed by atoms with Gasteiger partial charge in [-0.1, -0.05) is 63.6 Å². The van der Waals surface area contributed by atoms with Crippen molar-refractivity contribution >= 4 is 0 Å². The Morgan fingerprint density at radius 3 is 2.12 bits per heavy atom. The minimum Gasteiger partial charge on any atom is -0.0855 e. The molecule has 1 rings (SSSR count). The smallest absolute Gasteiger partial charge is 0.00699 e. The van der Waals surface area contributed by atoms with E-state index in [9.17, 15) is 0 Å². The number of benzene rings is 1. The van der Waals surface area contributed by atoms with Crippen molar-refractivity contribution in [2.24, 2.45) is 0 Å². The molecule has 0 saturated carbocycles. The summed E-state index contributed by atoms with van der Waals surface area (Å²) < 4.78 is 0. The van der Waals surface area contributed by atoms with Gasteiger partial charge < -0.3 is 0 Å². The standard InChI is InChI=1S/C16H24/c1-6-7-13(2)12-14-8-10-15(11-9-14)16(3,4)5/h7-11H,6,12H2,1-5H3. The first kappa shape index (κ1) is 13.0. The zero-order valence-corrected chi connectivity index (χ0v) is 11.3. The molecule has 0 atom stereocenters. The van der Waals surface area contributed by atoms with E-state index >= 15 is 0 Å². The molecule has 0 radical (unpaired) electrons. The van der Waals surface area contributed by atoms with E-state index in [1.807, 2.05) is 0 Å². The minimum atomic E-state index is 0.257. The van der Waals surface area contributed by atoms with Crippen molar-refractivity contribution in [1.82, 2.24) is 0 Å². The number of rotatable bonds is 3. The quantitative estimate of drug-likeness (QED) is 0.631. The highest BCUT2D eigenvalue weighted by Crippen LogP contribution is 2.22. The molecular weight excluding hydrogens is 192 g/mol. The molecule has 0 N–H and O–H groups in total. The van der Waals surface area contributed by atoms with Gasteiger partial charge in [0.15, 0.2) is 0 Å². The van der Waals surface area contributed by atoms with Crippen molar-refractivity contribution in [3.05, 3.63) is 47.0 Å². The van der Waals surface area contributed by atoms with E-state index in [0.717, 1.165) is 12.8 Å². The Kier molecular flexibility index (Phi) is 4.35. The molecule has 0 aliphatic carbocycles. The van der Waals surface area contributed by atoms with Gasteiger partial charge in [-0.05, 0) is 36.3 Å². The molecule has 0 spiro atoms. The number of hydrogen-bond donors (Lipinski definition) is 0. The summed E-state index contributed by atoms with van der Waals surface area (Å²) in [6.45, 7) is 11.2. The van der Waals surface area contributed by atoms with Crippen LogP contribution in [0.3, 0.4) is 0 Å². The molecule has 88 valence electrons. The zero-order chi connectivity index (χ0) is 12.2. The van der Waals surface area contributed by atoms with Crippen LogP contribution in [0.1, 0.15) is 52.2 Å². The van der Waals surface area contributed by atoms with Gasteiger partial charge in [0.05, 0.1) is 0 Å². The monoisotopic (exact) mass is 216 g/mol. The summed E-state index contributed by atoms with van der Waals surface area (Å²) >= 11 is 0. The Hall–Kier alpha value is -1.04. The second-order valence-corrected chi connectivity index (χ2v) is 5.58. The number of allylic oxidation sites excluding steroid dienone is 2. The predicted octanol–water partition coefficient (Wildman–Crippen LogP) is 4.88. The molecule has 0 amide bonds. The van der Waals surface area contributed by atoms with Gasteiger partial charge in [0.1, 0.15) is 0 Å². The summed E-state index contributed by atoms with van der Waals surface area (Å²) in [5.41, 5.74) is 4.54. The maximum absolute atomic E-state index is 2.30. The highest BCUT2D eigenvalue weighted by atomic mass is 14.2. The lowest BCUT2D eigenvalue weighted by Gasteiger charge is -2.19. The third kappa shape index (κ3) is 3.84. The molecule has 0 saturated heterocycles. The van der Waals surface area contributed by atoms with Crippen LogP contribution in [0.2, 0.25) is 0 Å². The molecule has 0 heteroatoms. The molecule has 0 aromatic heterocycles. The van der Waals surface area contributed by atoms with Gasteiger partial charge in [0.25, 0.3) is 0 Å². The minimum absolute atomic E-state index is 0.257. The van der Waals surface area contributed by atoms with Crippen LogP contribution in [0.15, 0.2) is 35.9 Å². The molecule has 0 aliphatic heterocycles. The van der Waals surface area contributed by atoms with Crippen LogP contribution in [0.25, 0.3) is 0 Å². The van der Waals surface area contributed by atoms with Gasteiger partial charge in [-0.3, -0.25) is 0 Å². The first-order valence-corrected chi connectivity index (χ1v) is 6.18. The molecule has 1 aromatic rings. The second-order valence-electron chi connectivity index (χ2n) is 5.58. The van der Waals surface area contributed by atoms with Gasteiger partial charge in [0.2, 0.25) is 0 Å². The summed E-state index contributed by atoms with van der Waals surface area (Å²) in [5.74, 6) is 0. The molecule has 0 aliphatic rings. The molecule has 16 heavy (non-hydrogen) atoms. The molecule has 1 aromatic carbocycles.